The summed E-state index contributed by atoms with van der Waals surface area (Å²) in [5.41, 5.74) is 0.352. The molecule has 1 rings (SSSR count). The van der Waals surface area contributed by atoms with E-state index in [2.05, 4.69) is 11.9 Å². The molecule has 20 heavy (non-hydrogen) atoms. The van der Waals surface area contributed by atoms with Crippen LogP contribution in [0, 0.1) is 0 Å². The summed E-state index contributed by atoms with van der Waals surface area (Å²) in [6, 6.07) is -0.187. The minimum Gasteiger partial charge on any atom is -0.350 e. The average molecular weight is 328 g/mol. The van der Waals surface area contributed by atoms with Crippen molar-refractivity contribution in [2.75, 3.05) is 0 Å². The summed E-state index contributed by atoms with van der Waals surface area (Å²) in [6.45, 7) is 5.05. The van der Waals surface area contributed by atoms with Gasteiger partial charge in [0.05, 0.1) is 5.25 Å². The summed E-state index contributed by atoms with van der Waals surface area (Å²) in [6.07, 6.45) is 1.03. The van der Waals surface area contributed by atoms with Crippen molar-refractivity contribution in [2.24, 2.45) is 0 Å². The van der Waals surface area contributed by atoms with Gasteiger partial charge in [0.25, 0.3) is 0 Å². The molecule has 0 aromatic rings. The molecule has 1 amide bonds. The lowest BCUT2D eigenvalue weighted by molar-refractivity contribution is -0.118. The molecule has 0 atom stereocenters. The van der Waals surface area contributed by atoms with Crippen molar-refractivity contribution in [2.45, 2.75) is 43.9 Å². The smallest absolute Gasteiger partial charge is 0.350 e. The van der Waals surface area contributed by atoms with E-state index in [1.165, 1.54) is 0 Å². The molecule has 0 saturated heterocycles. The second-order valence-electron chi connectivity index (χ2n) is 4.79. The second kappa shape index (κ2) is 6.19. The van der Waals surface area contributed by atoms with Crippen molar-refractivity contribution < 1.29 is 25.5 Å². The largest absolute Gasteiger partial charge is 0.385 e. The fourth-order valence-electron chi connectivity index (χ4n) is 2.03. The van der Waals surface area contributed by atoms with E-state index in [1.807, 2.05) is 0 Å². The number of sulfonamides is 1. The fourth-order valence-corrected chi connectivity index (χ4v) is 4.58. The van der Waals surface area contributed by atoms with Gasteiger partial charge in [-0.15, -0.1) is 0 Å². The van der Waals surface area contributed by atoms with E-state index >= 15 is 0 Å². The van der Waals surface area contributed by atoms with Crippen molar-refractivity contribution in [1.82, 2.24) is 9.44 Å². The van der Waals surface area contributed by atoms with Crippen molar-refractivity contribution in [3.05, 3.63) is 12.2 Å². The van der Waals surface area contributed by atoms with E-state index in [0.29, 0.717) is 18.4 Å². The third-order valence-corrected chi connectivity index (χ3v) is 6.13. The molecule has 0 bridgehead atoms. The van der Waals surface area contributed by atoms with Crippen LogP contribution < -0.4 is 9.44 Å². The Morgan fingerprint density at radius 3 is 2.05 bits per heavy atom. The van der Waals surface area contributed by atoms with Gasteiger partial charge in [0.15, 0.2) is 0 Å². The van der Waals surface area contributed by atoms with Crippen LogP contribution in [0.4, 0.5) is 3.89 Å². The van der Waals surface area contributed by atoms with Crippen LogP contribution in [0.1, 0.15) is 32.6 Å². The molecule has 1 aliphatic rings. The van der Waals surface area contributed by atoms with Crippen molar-refractivity contribution in [1.29, 1.82) is 0 Å². The van der Waals surface area contributed by atoms with Gasteiger partial charge in [0, 0.05) is 11.6 Å². The molecule has 0 aliphatic heterocycles. The Morgan fingerprint density at radius 2 is 1.65 bits per heavy atom. The van der Waals surface area contributed by atoms with Crippen LogP contribution in [0.25, 0.3) is 0 Å². The van der Waals surface area contributed by atoms with Crippen LogP contribution in [0.5, 0.6) is 0 Å². The van der Waals surface area contributed by atoms with Crippen LogP contribution in [0.3, 0.4) is 0 Å². The quantitative estimate of drug-likeness (QED) is 0.550. The normalized spacial score (nSPS) is 24.1. The first kappa shape index (κ1) is 17.1. The summed E-state index contributed by atoms with van der Waals surface area (Å²) < 4.78 is 57.3. The summed E-state index contributed by atoms with van der Waals surface area (Å²) >= 11 is 0. The van der Waals surface area contributed by atoms with Gasteiger partial charge in [-0.25, -0.2) is 8.42 Å². The number of nitrogens with one attached hydrogen (secondary N) is 2. The number of amides is 1. The maximum Gasteiger partial charge on any atom is 0.385 e. The molecular formula is C10H17FN2O5S2. The lowest BCUT2D eigenvalue weighted by Crippen LogP contribution is -2.43. The monoisotopic (exact) mass is 328 g/mol. The van der Waals surface area contributed by atoms with Crippen molar-refractivity contribution in [3.63, 3.8) is 0 Å². The van der Waals surface area contributed by atoms with Crippen LogP contribution in [-0.4, -0.2) is 34.0 Å². The summed E-state index contributed by atoms with van der Waals surface area (Å²) in [5, 5.41) is 1.71. The van der Waals surface area contributed by atoms with Crippen LogP contribution in [0.15, 0.2) is 12.2 Å². The van der Waals surface area contributed by atoms with E-state index in [0.717, 1.165) is 4.13 Å². The predicted molar refractivity (Wildman–Crippen MR) is 71.1 cm³/mol. The second-order valence-corrected chi connectivity index (χ2v) is 8.09. The van der Waals surface area contributed by atoms with Crippen LogP contribution in [-0.2, 0) is 25.2 Å². The molecular weight excluding hydrogens is 311 g/mol. The highest BCUT2D eigenvalue weighted by Gasteiger charge is 2.34. The standard InChI is InChI=1S/C10H17FN2O5S2/c1-7(2)10(14)12-8-3-5-9(6-4-8)19(15,16)13-20(11,17)18/h8-9,13H,1,3-6H2,2H3,(H,12,14). The Bertz CT molecular complexity index is 591. The highest BCUT2D eigenvalue weighted by atomic mass is 32.3. The Labute approximate surface area is 118 Å². The number of carbonyl (C=O) groups is 1. The van der Waals surface area contributed by atoms with Crippen molar-refractivity contribution >= 4 is 26.3 Å². The molecule has 7 nitrogen and oxygen atoms in total. The third-order valence-electron chi connectivity index (χ3n) is 3.05. The Balaban J connectivity index is 2.58. The van der Waals surface area contributed by atoms with E-state index in [-0.39, 0.29) is 24.8 Å². The van der Waals surface area contributed by atoms with Gasteiger partial charge >= 0.3 is 10.4 Å². The maximum absolute atomic E-state index is 12.4. The number of hydrogen-bond acceptors (Lipinski definition) is 5. The number of halogens is 1. The number of rotatable bonds is 5. The number of carbonyl (C=O) groups excluding carboxylic acids is 1. The molecule has 116 valence electrons. The van der Waals surface area contributed by atoms with Gasteiger partial charge in [0.2, 0.25) is 15.9 Å². The zero-order valence-electron chi connectivity index (χ0n) is 10.9. The summed E-state index contributed by atoms with van der Waals surface area (Å²) in [5.74, 6) is -0.305. The third kappa shape index (κ3) is 5.17. The van der Waals surface area contributed by atoms with E-state index in [4.69, 9.17) is 0 Å². The lowest BCUT2D eigenvalue weighted by Gasteiger charge is -2.28. The first-order chi connectivity index (χ1) is 9.01. The van der Waals surface area contributed by atoms with E-state index in [9.17, 15) is 25.5 Å². The molecule has 0 radical (unpaired) electrons. The van der Waals surface area contributed by atoms with Gasteiger partial charge in [-0.1, -0.05) is 14.6 Å². The SMILES string of the molecule is C=C(C)C(=O)NC1CCC(S(=O)(=O)NS(=O)(=O)F)CC1. The fraction of sp³-hybridized carbons (Fsp3) is 0.700. The van der Waals surface area contributed by atoms with Gasteiger partial charge in [-0.05, 0) is 32.6 Å². The Kier molecular flexibility index (Phi) is 5.27. The zero-order chi connectivity index (χ0) is 15.6. The molecule has 10 heteroatoms. The zero-order valence-corrected chi connectivity index (χ0v) is 12.6. The lowest BCUT2D eigenvalue weighted by atomic mass is 9.95. The molecule has 0 unspecified atom stereocenters. The number of hydrogen-bond donors (Lipinski definition) is 2. The van der Waals surface area contributed by atoms with Crippen LogP contribution in [0.2, 0.25) is 0 Å². The highest BCUT2D eigenvalue weighted by Crippen LogP contribution is 2.24. The molecule has 2 N–H and O–H groups in total. The van der Waals surface area contributed by atoms with E-state index in [1.54, 1.807) is 6.92 Å². The minimum absolute atomic E-state index is 0.145. The molecule has 1 saturated carbocycles. The molecule has 1 aliphatic carbocycles. The molecule has 0 spiro atoms. The first-order valence-electron chi connectivity index (χ1n) is 5.94. The average Bonchev–Trinajstić information content (AvgIpc) is 2.26. The van der Waals surface area contributed by atoms with Gasteiger partial charge < -0.3 is 5.32 Å². The van der Waals surface area contributed by atoms with Crippen LogP contribution >= 0.6 is 0 Å². The highest BCUT2D eigenvalue weighted by molar-refractivity contribution is 8.02. The molecule has 0 heterocycles. The molecule has 0 aromatic carbocycles. The minimum atomic E-state index is -5.29. The Morgan fingerprint density at radius 1 is 1.15 bits per heavy atom. The van der Waals surface area contributed by atoms with Gasteiger partial charge in [0.1, 0.15) is 0 Å². The topological polar surface area (TPSA) is 109 Å². The summed E-state index contributed by atoms with van der Waals surface area (Å²) in [4.78, 5) is 11.4. The van der Waals surface area contributed by atoms with Gasteiger partial charge in [-0.2, -0.15) is 8.42 Å². The van der Waals surface area contributed by atoms with Gasteiger partial charge in [-0.3, -0.25) is 4.79 Å². The molecule has 1 fully saturated rings. The predicted octanol–water partition coefficient (Wildman–Crippen LogP) is 0.124. The summed E-state index contributed by atoms with van der Waals surface area (Å²) in [7, 11) is -9.55. The maximum atomic E-state index is 12.4. The molecule has 0 aromatic heterocycles. The van der Waals surface area contributed by atoms with E-state index < -0.39 is 25.7 Å². The Hall–Kier alpha value is -1.00. The first-order valence-corrected chi connectivity index (χ1v) is 8.87. The van der Waals surface area contributed by atoms with Crippen molar-refractivity contribution in [3.8, 4) is 0 Å².